The quantitative estimate of drug-likeness (QED) is 0.896. The summed E-state index contributed by atoms with van der Waals surface area (Å²) in [7, 11) is 0. The Morgan fingerprint density at radius 3 is 2.45 bits per heavy atom. The Balaban J connectivity index is 2.08. The molecule has 1 N–H and O–H groups in total. The summed E-state index contributed by atoms with van der Waals surface area (Å²) in [5.41, 5.74) is 1.70. The molecule has 0 aliphatic rings. The van der Waals surface area contributed by atoms with E-state index in [0.717, 1.165) is 16.9 Å². The minimum absolute atomic E-state index is 0.0968. The molecule has 1 unspecified atom stereocenters. The fourth-order valence-electron chi connectivity index (χ4n) is 2.03. The molecule has 0 fully saturated rings. The predicted molar refractivity (Wildman–Crippen MR) is 77.3 cm³/mol. The third-order valence-electron chi connectivity index (χ3n) is 2.96. The highest BCUT2D eigenvalue weighted by Gasteiger charge is 2.10. The minimum atomic E-state index is -0.629. The molecule has 0 saturated heterocycles. The molecule has 2 aromatic carbocycles. The average molecular weight is 274 g/mol. The van der Waals surface area contributed by atoms with E-state index in [1.807, 2.05) is 38.1 Å². The predicted octanol–water partition coefficient (Wildman–Crippen LogP) is 3.89. The van der Waals surface area contributed by atoms with Gasteiger partial charge in [0, 0.05) is 6.42 Å². The van der Waals surface area contributed by atoms with Crippen LogP contribution in [-0.4, -0.2) is 11.2 Å². The number of hydrogen-bond donors (Lipinski definition) is 1. The first kappa shape index (κ1) is 14.5. The molecule has 3 heteroatoms. The summed E-state index contributed by atoms with van der Waals surface area (Å²) in [5, 5.41) is 10.3. The molecule has 0 aromatic heterocycles. The Hall–Kier alpha value is -1.87. The van der Waals surface area contributed by atoms with Crippen LogP contribution in [0.2, 0.25) is 0 Å². The zero-order valence-electron chi connectivity index (χ0n) is 11.7. The third kappa shape index (κ3) is 4.07. The van der Waals surface area contributed by atoms with Crippen LogP contribution in [-0.2, 0) is 6.42 Å². The van der Waals surface area contributed by atoms with Gasteiger partial charge in [-0.15, -0.1) is 0 Å². The lowest BCUT2D eigenvalue weighted by Crippen LogP contribution is -2.07. The van der Waals surface area contributed by atoms with E-state index in [9.17, 15) is 9.50 Å². The third-order valence-corrected chi connectivity index (χ3v) is 2.96. The number of rotatable bonds is 5. The molecule has 0 aliphatic heterocycles. The monoisotopic (exact) mass is 274 g/mol. The molecule has 0 aliphatic carbocycles. The summed E-state index contributed by atoms with van der Waals surface area (Å²) in [6, 6.07) is 13.6. The van der Waals surface area contributed by atoms with Gasteiger partial charge in [0.15, 0.2) is 0 Å². The van der Waals surface area contributed by atoms with Gasteiger partial charge in [0.25, 0.3) is 0 Å². The van der Waals surface area contributed by atoms with Crippen molar-refractivity contribution in [3.05, 3.63) is 65.5 Å². The van der Waals surface area contributed by atoms with E-state index in [4.69, 9.17) is 4.74 Å². The Morgan fingerprint density at radius 1 is 1.10 bits per heavy atom. The van der Waals surface area contributed by atoms with Crippen LogP contribution in [0.15, 0.2) is 48.5 Å². The SMILES string of the molecule is CC(C)Oc1cccc(C(O)Cc2ccc(F)cc2)c1. The summed E-state index contributed by atoms with van der Waals surface area (Å²) in [5.74, 6) is 0.478. The molecule has 106 valence electrons. The zero-order valence-corrected chi connectivity index (χ0v) is 11.7. The first-order chi connectivity index (χ1) is 9.54. The lowest BCUT2D eigenvalue weighted by atomic mass is 10.0. The van der Waals surface area contributed by atoms with E-state index in [1.165, 1.54) is 12.1 Å². The fourth-order valence-corrected chi connectivity index (χ4v) is 2.03. The standard InChI is InChI=1S/C17H19FO2/c1-12(2)20-16-5-3-4-14(11-16)17(19)10-13-6-8-15(18)9-7-13/h3-9,11-12,17,19H,10H2,1-2H3. The number of aliphatic hydroxyl groups is 1. The second-order valence-corrected chi connectivity index (χ2v) is 5.09. The van der Waals surface area contributed by atoms with E-state index < -0.39 is 6.10 Å². The molecule has 0 bridgehead atoms. The fraction of sp³-hybridized carbons (Fsp3) is 0.294. The highest BCUT2D eigenvalue weighted by Crippen LogP contribution is 2.23. The number of halogens is 1. The number of aliphatic hydroxyl groups excluding tert-OH is 1. The van der Waals surface area contributed by atoms with Crippen molar-refractivity contribution in [3.63, 3.8) is 0 Å². The van der Waals surface area contributed by atoms with Crippen molar-refractivity contribution >= 4 is 0 Å². The Labute approximate surface area is 118 Å². The van der Waals surface area contributed by atoms with Crippen LogP contribution < -0.4 is 4.74 Å². The largest absolute Gasteiger partial charge is 0.491 e. The summed E-state index contributed by atoms with van der Waals surface area (Å²) in [4.78, 5) is 0. The van der Waals surface area contributed by atoms with Gasteiger partial charge in [0.05, 0.1) is 12.2 Å². The van der Waals surface area contributed by atoms with Crippen molar-refractivity contribution in [1.82, 2.24) is 0 Å². The van der Waals surface area contributed by atoms with Crippen LogP contribution in [0.1, 0.15) is 31.1 Å². The van der Waals surface area contributed by atoms with Gasteiger partial charge < -0.3 is 9.84 Å². The van der Waals surface area contributed by atoms with E-state index in [-0.39, 0.29) is 11.9 Å². The van der Waals surface area contributed by atoms with Gasteiger partial charge in [-0.25, -0.2) is 4.39 Å². The summed E-state index contributed by atoms with van der Waals surface area (Å²) in [6.45, 7) is 3.92. The lowest BCUT2D eigenvalue weighted by Gasteiger charge is -2.14. The summed E-state index contributed by atoms with van der Waals surface area (Å²) >= 11 is 0. The molecule has 0 radical (unpaired) electrons. The molecule has 0 spiro atoms. The Kier molecular flexibility index (Phi) is 4.74. The second kappa shape index (κ2) is 6.53. The smallest absolute Gasteiger partial charge is 0.123 e. The van der Waals surface area contributed by atoms with E-state index in [2.05, 4.69) is 0 Å². The van der Waals surface area contributed by atoms with E-state index in [1.54, 1.807) is 12.1 Å². The molecule has 2 aromatic rings. The normalized spacial score (nSPS) is 12.4. The van der Waals surface area contributed by atoms with Crippen LogP contribution in [0.5, 0.6) is 5.75 Å². The molecule has 2 nitrogen and oxygen atoms in total. The molecular weight excluding hydrogens is 255 g/mol. The minimum Gasteiger partial charge on any atom is -0.491 e. The molecular formula is C17H19FO2. The van der Waals surface area contributed by atoms with Crippen molar-refractivity contribution in [3.8, 4) is 5.75 Å². The maximum atomic E-state index is 12.8. The van der Waals surface area contributed by atoms with Crippen LogP contribution in [0.3, 0.4) is 0 Å². The maximum absolute atomic E-state index is 12.8. The summed E-state index contributed by atoms with van der Waals surface area (Å²) in [6.07, 6.45) is -0.0820. The lowest BCUT2D eigenvalue weighted by molar-refractivity contribution is 0.177. The van der Waals surface area contributed by atoms with Crippen molar-refractivity contribution in [1.29, 1.82) is 0 Å². The van der Waals surface area contributed by atoms with Crippen LogP contribution in [0.4, 0.5) is 4.39 Å². The number of benzene rings is 2. The van der Waals surface area contributed by atoms with Crippen LogP contribution in [0, 0.1) is 5.82 Å². The molecule has 0 heterocycles. The van der Waals surface area contributed by atoms with Crippen molar-refractivity contribution < 1.29 is 14.2 Å². The van der Waals surface area contributed by atoms with Gasteiger partial charge in [0.1, 0.15) is 11.6 Å². The molecule has 1 atom stereocenters. The molecule has 0 amide bonds. The summed E-state index contributed by atoms with van der Waals surface area (Å²) < 4.78 is 18.5. The van der Waals surface area contributed by atoms with E-state index >= 15 is 0 Å². The van der Waals surface area contributed by atoms with E-state index in [0.29, 0.717) is 6.42 Å². The van der Waals surface area contributed by atoms with Crippen molar-refractivity contribution in [2.45, 2.75) is 32.5 Å². The van der Waals surface area contributed by atoms with Crippen molar-refractivity contribution in [2.75, 3.05) is 0 Å². The highest BCUT2D eigenvalue weighted by molar-refractivity contribution is 5.31. The van der Waals surface area contributed by atoms with Crippen LogP contribution in [0.25, 0.3) is 0 Å². The van der Waals surface area contributed by atoms with Gasteiger partial charge in [-0.2, -0.15) is 0 Å². The Bertz CT molecular complexity index is 549. The van der Waals surface area contributed by atoms with Crippen molar-refractivity contribution in [2.24, 2.45) is 0 Å². The zero-order chi connectivity index (χ0) is 14.5. The topological polar surface area (TPSA) is 29.5 Å². The number of hydrogen-bond acceptors (Lipinski definition) is 2. The van der Waals surface area contributed by atoms with Gasteiger partial charge >= 0.3 is 0 Å². The molecule has 0 saturated carbocycles. The van der Waals surface area contributed by atoms with Crippen LogP contribution >= 0.6 is 0 Å². The molecule has 20 heavy (non-hydrogen) atoms. The molecule has 2 rings (SSSR count). The second-order valence-electron chi connectivity index (χ2n) is 5.09. The average Bonchev–Trinajstić information content (AvgIpc) is 2.41. The number of ether oxygens (including phenoxy) is 1. The van der Waals surface area contributed by atoms with Gasteiger partial charge in [-0.05, 0) is 49.2 Å². The first-order valence-electron chi connectivity index (χ1n) is 6.73. The van der Waals surface area contributed by atoms with Gasteiger partial charge in [-0.1, -0.05) is 24.3 Å². The van der Waals surface area contributed by atoms with Gasteiger partial charge in [-0.3, -0.25) is 0 Å². The Morgan fingerprint density at radius 2 is 1.80 bits per heavy atom. The van der Waals surface area contributed by atoms with Gasteiger partial charge in [0.2, 0.25) is 0 Å². The first-order valence-corrected chi connectivity index (χ1v) is 6.73. The maximum Gasteiger partial charge on any atom is 0.123 e. The highest BCUT2D eigenvalue weighted by atomic mass is 19.1.